The summed E-state index contributed by atoms with van der Waals surface area (Å²) in [6.45, 7) is 3.48. The second-order valence-electron chi connectivity index (χ2n) is 7.23. The minimum absolute atomic E-state index is 0.146. The van der Waals surface area contributed by atoms with Crippen molar-refractivity contribution in [2.75, 3.05) is 0 Å². The van der Waals surface area contributed by atoms with Crippen LogP contribution in [0.2, 0.25) is 0 Å². The van der Waals surface area contributed by atoms with Gasteiger partial charge in [-0.2, -0.15) is 0 Å². The van der Waals surface area contributed by atoms with Gasteiger partial charge in [0.05, 0.1) is 11.8 Å². The molecule has 21 heavy (non-hydrogen) atoms. The number of hydrogen-bond donors (Lipinski definition) is 1. The van der Waals surface area contributed by atoms with Crippen LogP contribution in [-0.4, -0.2) is 33.8 Å². The highest BCUT2D eigenvalue weighted by Gasteiger charge is 2.68. The highest BCUT2D eigenvalue weighted by Crippen LogP contribution is 2.65. The Kier molecular flexibility index (Phi) is 2.46. The zero-order valence-electron chi connectivity index (χ0n) is 12.1. The Labute approximate surface area is 123 Å². The number of nitrogens with zero attached hydrogens (tertiary/aromatic N) is 1. The van der Waals surface area contributed by atoms with Crippen LogP contribution >= 0.6 is 0 Å². The lowest BCUT2D eigenvalue weighted by Crippen LogP contribution is -2.48. The Morgan fingerprint density at radius 2 is 1.62 bits per heavy atom. The second-order valence-corrected chi connectivity index (χ2v) is 7.23. The predicted molar refractivity (Wildman–Crippen MR) is 72.8 cm³/mol. The average molecular weight is 289 g/mol. The monoisotopic (exact) mass is 289 g/mol. The molecule has 1 heterocycles. The number of carbonyl (C=O) groups excluding carboxylic acids is 2. The van der Waals surface area contributed by atoms with E-state index in [9.17, 15) is 19.5 Å². The molecular weight excluding hydrogens is 270 g/mol. The molecule has 4 aliphatic carbocycles. The number of hydrogen-bond acceptors (Lipinski definition) is 3. The highest BCUT2D eigenvalue weighted by atomic mass is 16.4. The van der Waals surface area contributed by atoms with Gasteiger partial charge >= 0.3 is 5.97 Å². The minimum atomic E-state index is -1.09. The smallest absolute Gasteiger partial charge is 0.327 e. The number of imide groups is 1. The topological polar surface area (TPSA) is 74.7 Å². The molecule has 2 amide bonds. The summed E-state index contributed by atoms with van der Waals surface area (Å²) in [5, 5.41) is 9.42. The molecule has 0 aromatic heterocycles. The number of carboxylic acid groups (broad SMARTS) is 1. The molecule has 5 rings (SSSR count). The summed E-state index contributed by atoms with van der Waals surface area (Å²) in [4.78, 5) is 38.1. The van der Waals surface area contributed by atoms with Gasteiger partial charge in [-0.05, 0) is 36.0 Å². The van der Waals surface area contributed by atoms with Gasteiger partial charge in [-0.1, -0.05) is 26.0 Å². The molecule has 5 heteroatoms. The quantitative estimate of drug-likeness (QED) is 0.624. The van der Waals surface area contributed by atoms with E-state index in [2.05, 4.69) is 12.2 Å². The molecule has 112 valence electrons. The van der Waals surface area contributed by atoms with Crippen molar-refractivity contribution in [3.63, 3.8) is 0 Å². The van der Waals surface area contributed by atoms with Gasteiger partial charge < -0.3 is 5.11 Å². The molecule has 0 radical (unpaired) electrons. The van der Waals surface area contributed by atoms with E-state index in [0.29, 0.717) is 11.8 Å². The summed E-state index contributed by atoms with van der Waals surface area (Å²) in [5.74, 6) is -1.12. The Hall–Kier alpha value is -1.65. The maximum Gasteiger partial charge on any atom is 0.327 e. The summed E-state index contributed by atoms with van der Waals surface area (Å²) >= 11 is 0. The Balaban J connectivity index is 1.73. The lowest BCUT2D eigenvalue weighted by atomic mass is 9.63. The van der Waals surface area contributed by atoms with Crippen molar-refractivity contribution in [2.24, 2.45) is 41.4 Å². The lowest BCUT2D eigenvalue weighted by molar-refractivity contribution is -0.157. The van der Waals surface area contributed by atoms with Crippen LogP contribution in [0.1, 0.15) is 20.3 Å². The zero-order chi connectivity index (χ0) is 15.0. The van der Waals surface area contributed by atoms with Gasteiger partial charge in [0.15, 0.2) is 0 Å². The van der Waals surface area contributed by atoms with Gasteiger partial charge in [0.1, 0.15) is 6.04 Å². The zero-order valence-corrected chi connectivity index (χ0v) is 12.1. The van der Waals surface area contributed by atoms with E-state index in [1.807, 2.05) is 0 Å². The van der Waals surface area contributed by atoms with Crippen molar-refractivity contribution in [1.82, 2.24) is 4.90 Å². The summed E-state index contributed by atoms with van der Waals surface area (Å²) in [7, 11) is 0. The average Bonchev–Trinajstić information content (AvgIpc) is 3.19. The number of amides is 2. The fourth-order valence-corrected chi connectivity index (χ4v) is 4.95. The minimum Gasteiger partial charge on any atom is -0.480 e. The molecule has 2 bridgehead atoms. The van der Waals surface area contributed by atoms with Crippen molar-refractivity contribution < 1.29 is 19.5 Å². The molecule has 7 atom stereocenters. The van der Waals surface area contributed by atoms with Crippen LogP contribution in [-0.2, 0) is 14.4 Å². The van der Waals surface area contributed by atoms with Crippen LogP contribution in [0, 0.1) is 41.4 Å². The molecule has 0 aromatic rings. The van der Waals surface area contributed by atoms with Gasteiger partial charge in [0.25, 0.3) is 0 Å². The number of aliphatic carboxylic acids is 1. The first-order valence-electron chi connectivity index (χ1n) is 7.71. The van der Waals surface area contributed by atoms with Crippen LogP contribution in [0.25, 0.3) is 0 Å². The molecule has 0 aromatic carbocycles. The van der Waals surface area contributed by atoms with Gasteiger partial charge in [0.2, 0.25) is 11.8 Å². The van der Waals surface area contributed by atoms with E-state index in [0.717, 1.165) is 11.3 Å². The molecule has 1 aliphatic heterocycles. The predicted octanol–water partition coefficient (Wildman–Crippen LogP) is 1.15. The Morgan fingerprint density at radius 1 is 1.14 bits per heavy atom. The van der Waals surface area contributed by atoms with E-state index in [1.54, 1.807) is 13.8 Å². The molecule has 0 spiro atoms. The second kappa shape index (κ2) is 3.96. The normalized spacial score (nSPS) is 44.0. The third-order valence-corrected chi connectivity index (χ3v) is 5.86. The first kappa shape index (κ1) is 13.0. The van der Waals surface area contributed by atoms with Crippen LogP contribution in [0.5, 0.6) is 0 Å². The lowest BCUT2D eigenvalue weighted by Gasteiger charge is -2.37. The summed E-state index contributed by atoms with van der Waals surface area (Å²) in [5.41, 5.74) is 0. The van der Waals surface area contributed by atoms with E-state index in [1.165, 1.54) is 0 Å². The summed E-state index contributed by atoms with van der Waals surface area (Å²) in [6, 6.07) is -1.04. The SMILES string of the molecule is CC(C)[C@@H](C(=O)O)N1C(=O)[C@@H]2[C@@H]3C=C[C@H]([C@H]4C[C@H]34)[C@@H]2C1=O. The van der Waals surface area contributed by atoms with E-state index < -0.39 is 12.0 Å². The van der Waals surface area contributed by atoms with Crippen molar-refractivity contribution in [2.45, 2.75) is 26.3 Å². The standard InChI is InChI=1S/C16H19NO4/c1-6(2)13(16(20)21)17-14(18)11-7-3-4-8(10-5-9(7)10)12(11)15(17)19/h3-4,6-13H,5H2,1-2H3,(H,20,21)/t7-,8-,9-,10-,11-,12+,13+/m1/s1. The maximum atomic E-state index is 12.8. The Morgan fingerprint density at radius 3 is 2.00 bits per heavy atom. The maximum absolute atomic E-state index is 12.8. The van der Waals surface area contributed by atoms with E-state index in [4.69, 9.17) is 0 Å². The van der Waals surface area contributed by atoms with Crippen LogP contribution < -0.4 is 0 Å². The van der Waals surface area contributed by atoms with Crippen molar-refractivity contribution >= 4 is 17.8 Å². The number of likely N-dealkylation sites (tertiary alicyclic amines) is 1. The van der Waals surface area contributed by atoms with E-state index >= 15 is 0 Å². The summed E-state index contributed by atoms with van der Waals surface area (Å²) < 4.78 is 0. The number of rotatable bonds is 3. The highest BCUT2D eigenvalue weighted by molar-refractivity contribution is 6.08. The Bertz CT molecular complexity index is 545. The fourth-order valence-electron chi connectivity index (χ4n) is 4.95. The molecule has 5 nitrogen and oxygen atoms in total. The molecule has 1 N–H and O–H groups in total. The summed E-state index contributed by atoms with van der Waals surface area (Å²) in [6.07, 6.45) is 5.31. The third kappa shape index (κ3) is 1.49. The van der Waals surface area contributed by atoms with Crippen LogP contribution in [0.15, 0.2) is 12.2 Å². The number of carbonyl (C=O) groups is 3. The van der Waals surface area contributed by atoms with Gasteiger partial charge in [0, 0.05) is 0 Å². The first-order chi connectivity index (χ1) is 9.93. The number of allylic oxidation sites excluding steroid dienone is 2. The largest absolute Gasteiger partial charge is 0.480 e. The third-order valence-electron chi connectivity index (χ3n) is 5.86. The fraction of sp³-hybridized carbons (Fsp3) is 0.688. The first-order valence-corrected chi connectivity index (χ1v) is 7.71. The molecule has 2 saturated carbocycles. The van der Waals surface area contributed by atoms with Crippen LogP contribution in [0.4, 0.5) is 0 Å². The molecule has 1 saturated heterocycles. The van der Waals surface area contributed by atoms with Crippen LogP contribution in [0.3, 0.4) is 0 Å². The van der Waals surface area contributed by atoms with Gasteiger partial charge in [-0.3, -0.25) is 14.5 Å². The van der Waals surface area contributed by atoms with Crippen molar-refractivity contribution in [3.05, 3.63) is 12.2 Å². The van der Waals surface area contributed by atoms with E-state index in [-0.39, 0.29) is 41.4 Å². The van der Waals surface area contributed by atoms with Gasteiger partial charge in [-0.15, -0.1) is 0 Å². The van der Waals surface area contributed by atoms with Crippen molar-refractivity contribution in [1.29, 1.82) is 0 Å². The molecule has 3 fully saturated rings. The molecular formula is C16H19NO4. The molecule has 0 unspecified atom stereocenters. The number of carboxylic acids is 1. The molecule has 5 aliphatic rings. The van der Waals surface area contributed by atoms with Crippen molar-refractivity contribution in [3.8, 4) is 0 Å². The van der Waals surface area contributed by atoms with Gasteiger partial charge in [-0.25, -0.2) is 4.79 Å².